The molecule has 2 nitrogen and oxygen atoms in total. The predicted molar refractivity (Wildman–Crippen MR) is 60.8 cm³/mol. The third kappa shape index (κ3) is 3.62. The van der Waals surface area contributed by atoms with Crippen LogP contribution in [0.25, 0.3) is 0 Å². The minimum absolute atomic E-state index is 0.355. The van der Waals surface area contributed by atoms with Crippen molar-refractivity contribution in [3.05, 3.63) is 36.4 Å². The molecule has 1 aromatic rings. The van der Waals surface area contributed by atoms with Crippen LogP contribution in [0.4, 0.5) is 10.1 Å². The fourth-order valence-electron chi connectivity index (χ4n) is 1.29. The monoisotopic (exact) mass is 209 g/mol. The van der Waals surface area contributed by atoms with Gasteiger partial charge in [-0.15, -0.1) is 6.58 Å². The molecular formula is C12H16FNO. The zero-order valence-electron chi connectivity index (χ0n) is 8.71. The van der Waals surface area contributed by atoms with Gasteiger partial charge in [0.25, 0.3) is 0 Å². The minimum Gasteiger partial charge on any atom is -0.493 e. The van der Waals surface area contributed by atoms with Gasteiger partial charge < -0.3 is 10.5 Å². The maximum absolute atomic E-state index is 11.9. The van der Waals surface area contributed by atoms with E-state index in [-0.39, 0.29) is 6.67 Å². The van der Waals surface area contributed by atoms with Crippen LogP contribution in [0, 0.1) is 0 Å². The van der Waals surface area contributed by atoms with Crippen LogP contribution in [-0.4, -0.2) is 13.3 Å². The number of hydrogen-bond donors (Lipinski definition) is 1. The first-order valence-electron chi connectivity index (χ1n) is 4.96. The Morgan fingerprint density at radius 2 is 2.27 bits per heavy atom. The number of rotatable bonds is 6. The fraction of sp³-hybridized carbons (Fsp3) is 0.333. The lowest BCUT2D eigenvalue weighted by Gasteiger charge is -2.10. The summed E-state index contributed by atoms with van der Waals surface area (Å²) in [4.78, 5) is 0. The van der Waals surface area contributed by atoms with E-state index in [1.807, 2.05) is 12.1 Å². The Balaban J connectivity index is 2.71. The predicted octanol–water partition coefficient (Wildman–Crippen LogP) is 2.74. The number of anilines is 1. The van der Waals surface area contributed by atoms with Gasteiger partial charge in [0.15, 0.2) is 0 Å². The molecule has 0 aliphatic heterocycles. The summed E-state index contributed by atoms with van der Waals surface area (Å²) in [6.07, 6.45) is 2.91. The lowest BCUT2D eigenvalue weighted by atomic mass is 10.1. The molecule has 0 heterocycles. The van der Waals surface area contributed by atoms with Gasteiger partial charge >= 0.3 is 0 Å². The normalized spacial score (nSPS) is 9.93. The zero-order valence-corrected chi connectivity index (χ0v) is 8.71. The first kappa shape index (κ1) is 11.6. The third-order valence-corrected chi connectivity index (χ3v) is 1.98. The summed E-state index contributed by atoms with van der Waals surface area (Å²) in [7, 11) is 0. The van der Waals surface area contributed by atoms with Gasteiger partial charge in [-0.05, 0) is 30.2 Å². The summed E-state index contributed by atoms with van der Waals surface area (Å²) in [5.74, 6) is 0.762. The molecule has 0 aromatic heterocycles. The number of nitrogens with two attached hydrogens (primary N) is 1. The number of ether oxygens (including phenoxy) is 1. The molecule has 1 rings (SSSR count). The van der Waals surface area contributed by atoms with Gasteiger partial charge in [0, 0.05) is 12.1 Å². The number of nitrogen functional groups attached to an aromatic ring is 1. The molecule has 15 heavy (non-hydrogen) atoms. The lowest BCUT2D eigenvalue weighted by Crippen LogP contribution is -2.01. The molecule has 1 aromatic carbocycles. The Morgan fingerprint density at radius 1 is 1.47 bits per heavy atom. The molecule has 0 radical (unpaired) electrons. The van der Waals surface area contributed by atoms with Crippen LogP contribution in [0.1, 0.15) is 12.0 Å². The van der Waals surface area contributed by atoms with E-state index >= 15 is 0 Å². The van der Waals surface area contributed by atoms with Crippen LogP contribution in [-0.2, 0) is 6.42 Å². The topological polar surface area (TPSA) is 35.2 Å². The number of halogens is 1. The highest BCUT2D eigenvalue weighted by Crippen LogP contribution is 2.22. The summed E-state index contributed by atoms with van der Waals surface area (Å²) >= 11 is 0. The van der Waals surface area contributed by atoms with Gasteiger partial charge in [-0.3, -0.25) is 4.39 Å². The van der Waals surface area contributed by atoms with E-state index in [9.17, 15) is 4.39 Å². The maximum atomic E-state index is 11.9. The van der Waals surface area contributed by atoms with Crippen molar-refractivity contribution >= 4 is 5.69 Å². The van der Waals surface area contributed by atoms with E-state index < -0.39 is 0 Å². The quantitative estimate of drug-likeness (QED) is 0.444. The van der Waals surface area contributed by atoms with Crippen molar-refractivity contribution in [2.75, 3.05) is 19.0 Å². The third-order valence-electron chi connectivity index (χ3n) is 1.98. The van der Waals surface area contributed by atoms with Crippen molar-refractivity contribution in [3.63, 3.8) is 0 Å². The molecule has 3 heteroatoms. The Bertz CT molecular complexity index is 325. The van der Waals surface area contributed by atoms with Crippen molar-refractivity contribution in [1.82, 2.24) is 0 Å². The van der Waals surface area contributed by atoms with E-state index in [4.69, 9.17) is 10.5 Å². The highest BCUT2D eigenvalue weighted by molar-refractivity contribution is 5.48. The number of allylic oxidation sites excluding steroid dienone is 1. The molecule has 0 saturated carbocycles. The second-order valence-corrected chi connectivity index (χ2v) is 3.25. The molecule has 0 atom stereocenters. The van der Waals surface area contributed by atoms with Crippen LogP contribution < -0.4 is 10.5 Å². The number of alkyl halides is 1. The standard InChI is InChI=1S/C12H16FNO/c1-2-4-10-9-11(14)5-6-12(10)15-8-3-7-13/h2,5-6,9H,1,3-4,7-8,14H2. The Morgan fingerprint density at radius 3 is 2.93 bits per heavy atom. The molecule has 82 valence electrons. The van der Waals surface area contributed by atoms with E-state index in [2.05, 4.69) is 6.58 Å². The SMILES string of the molecule is C=CCc1cc(N)ccc1OCCCF. The lowest BCUT2D eigenvalue weighted by molar-refractivity contribution is 0.287. The average molecular weight is 209 g/mol. The van der Waals surface area contributed by atoms with Crippen LogP contribution in [0.2, 0.25) is 0 Å². The summed E-state index contributed by atoms with van der Waals surface area (Å²) in [5, 5.41) is 0. The van der Waals surface area contributed by atoms with Crippen molar-refractivity contribution in [2.45, 2.75) is 12.8 Å². The van der Waals surface area contributed by atoms with Gasteiger partial charge in [-0.25, -0.2) is 0 Å². The molecule has 0 saturated heterocycles. The molecule has 0 amide bonds. The molecule has 0 unspecified atom stereocenters. The summed E-state index contributed by atoms with van der Waals surface area (Å²) in [6.45, 7) is 3.70. The number of hydrogen-bond acceptors (Lipinski definition) is 2. The highest BCUT2D eigenvalue weighted by atomic mass is 19.1. The Hall–Kier alpha value is -1.51. The summed E-state index contributed by atoms with van der Waals surface area (Å²) in [5.41, 5.74) is 7.35. The Kier molecular flexibility index (Phi) is 4.68. The maximum Gasteiger partial charge on any atom is 0.122 e. The molecule has 0 bridgehead atoms. The summed E-state index contributed by atoms with van der Waals surface area (Å²) in [6, 6.07) is 5.44. The first-order chi connectivity index (χ1) is 7.27. The van der Waals surface area contributed by atoms with Crippen molar-refractivity contribution in [2.24, 2.45) is 0 Å². The fourth-order valence-corrected chi connectivity index (χ4v) is 1.29. The molecular weight excluding hydrogens is 193 g/mol. The molecule has 0 aliphatic carbocycles. The van der Waals surface area contributed by atoms with Crippen LogP contribution in [0.15, 0.2) is 30.9 Å². The van der Waals surface area contributed by atoms with Crippen molar-refractivity contribution < 1.29 is 9.13 Å². The van der Waals surface area contributed by atoms with Crippen LogP contribution in [0.3, 0.4) is 0 Å². The van der Waals surface area contributed by atoms with E-state index in [0.717, 1.165) is 11.3 Å². The van der Waals surface area contributed by atoms with E-state index in [1.165, 1.54) is 0 Å². The molecule has 0 spiro atoms. The second-order valence-electron chi connectivity index (χ2n) is 3.25. The first-order valence-corrected chi connectivity index (χ1v) is 4.96. The largest absolute Gasteiger partial charge is 0.493 e. The summed E-state index contributed by atoms with van der Waals surface area (Å²) < 4.78 is 17.3. The molecule has 2 N–H and O–H groups in total. The smallest absolute Gasteiger partial charge is 0.122 e. The molecule has 0 fully saturated rings. The highest BCUT2D eigenvalue weighted by Gasteiger charge is 2.02. The van der Waals surface area contributed by atoms with Crippen LogP contribution in [0.5, 0.6) is 5.75 Å². The van der Waals surface area contributed by atoms with Gasteiger partial charge in [0.1, 0.15) is 5.75 Å². The van der Waals surface area contributed by atoms with Crippen LogP contribution >= 0.6 is 0 Å². The van der Waals surface area contributed by atoms with E-state index in [1.54, 1.807) is 12.1 Å². The van der Waals surface area contributed by atoms with E-state index in [0.29, 0.717) is 25.1 Å². The van der Waals surface area contributed by atoms with Crippen molar-refractivity contribution in [3.8, 4) is 5.75 Å². The Labute approximate surface area is 89.6 Å². The van der Waals surface area contributed by atoms with Gasteiger partial charge in [-0.2, -0.15) is 0 Å². The van der Waals surface area contributed by atoms with Gasteiger partial charge in [0.05, 0.1) is 13.3 Å². The molecule has 0 aliphatic rings. The second kappa shape index (κ2) is 6.06. The zero-order chi connectivity index (χ0) is 11.1. The average Bonchev–Trinajstić information content (AvgIpc) is 2.22. The van der Waals surface area contributed by atoms with Gasteiger partial charge in [0.2, 0.25) is 0 Å². The minimum atomic E-state index is -0.355. The number of benzene rings is 1. The van der Waals surface area contributed by atoms with Gasteiger partial charge in [-0.1, -0.05) is 6.08 Å². The van der Waals surface area contributed by atoms with Crippen molar-refractivity contribution in [1.29, 1.82) is 0 Å².